The van der Waals surface area contributed by atoms with Crippen molar-refractivity contribution in [3.8, 4) is 0 Å². The normalized spacial score (nSPS) is 17.4. The second-order valence-corrected chi connectivity index (χ2v) is 10.2. The van der Waals surface area contributed by atoms with Gasteiger partial charge in [0.1, 0.15) is 0 Å². The lowest BCUT2D eigenvalue weighted by atomic mass is 9.90. The number of hydrogen-bond acceptors (Lipinski definition) is 3. The van der Waals surface area contributed by atoms with E-state index in [-0.39, 0.29) is 11.8 Å². The summed E-state index contributed by atoms with van der Waals surface area (Å²) >= 11 is 1.45. The molecule has 3 aromatic rings. The molecule has 2 heterocycles. The number of carbonyl (C=O) groups excluding carboxylic acids is 2. The van der Waals surface area contributed by atoms with E-state index in [4.69, 9.17) is 0 Å². The van der Waals surface area contributed by atoms with Crippen LogP contribution in [0.1, 0.15) is 39.9 Å². The summed E-state index contributed by atoms with van der Waals surface area (Å²) in [7, 11) is 0. The van der Waals surface area contributed by atoms with Crippen LogP contribution in [0.2, 0.25) is 0 Å². The Kier molecular flexibility index (Phi) is 6.54. The van der Waals surface area contributed by atoms with Crippen LogP contribution in [-0.4, -0.2) is 29.8 Å². The number of rotatable bonds is 4. The predicted molar refractivity (Wildman–Crippen MR) is 139 cm³/mol. The first-order valence-corrected chi connectivity index (χ1v) is 12.6. The van der Waals surface area contributed by atoms with E-state index in [2.05, 4.69) is 35.6 Å². The van der Waals surface area contributed by atoms with Crippen molar-refractivity contribution in [1.29, 1.82) is 0 Å². The summed E-state index contributed by atoms with van der Waals surface area (Å²) in [6.07, 6.45) is 5.02. The van der Waals surface area contributed by atoms with Crippen molar-refractivity contribution in [2.45, 2.75) is 31.1 Å². The average molecular weight is 469 g/mol. The van der Waals surface area contributed by atoms with Gasteiger partial charge in [-0.05, 0) is 67.5 Å². The highest BCUT2D eigenvalue weighted by Gasteiger charge is 2.26. The lowest BCUT2D eigenvalue weighted by Crippen LogP contribution is -2.39. The predicted octanol–water partition coefficient (Wildman–Crippen LogP) is 6.18. The van der Waals surface area contributed by atoms with Crippen molar-refractivity contribution in [1.82, 2.24) is 4.90 Å². The van der Waals surface area contributed by atoms with Gasteiger partial charge in [0.05, 0.1) is 10.6 Å². The molecule has 34 heavy (non-hydrogen) atoms. The first kappa shape index (κ1) is 22.5. The van der Waals surface area contributed by atoms with Crippen LogP contribution in [0.5, 0.6) is 0 Å². The van der Waals surface area contributed by atoms with Gasteiger partial charge in [-0.15, -0.1) is 0 Å². The van der Waals surface area contributed by atoms with Crippen LogP contribution in [0.4, 0.5) is 5.69 Å². The molecule has 0 bridgehead atoms. The smallest absolute Gasteiger partial charge is 0.262 e. The fraction of sp³-hybridized carbons (Fsp3) is 0.241. The number of amides is 2. The van der Waals surface area contributed by atoms with Gasteiger partial charge >= 0.3 is 0 Å². The zero-order chi connectivity index (χ0) is 23.5. The van der Waals surface area contributed by atoms with Crippen LogP contribution in [0, 0.1) is 12.8 Å². The Balaban J connectivity index is 1.24. The minimum Gasteiger partial charge on any atom is -0.339 e. The molecule has 0 aliphatic carbocycles. The molecule has 4 nitrogen and oxygen atoms in total. The zero-order valence-corrected chi connectivity index (χ0v) is 20.1. The molecule has 1 fully saturated rings. The third-order valence-electron chi connectivity index (χ3n) is 6.53. The van der Waals surface area contributed by atoms with Gasteiger partial charge in [-0.3, -0.25) is 9.59 Å². The number of aryl methyl sites for hydroxylation is 1. The van der Waals surface area contributed by atoms with E-state index in [0.29, 0.717) is 22.1 Å². The van der Waals surface area contributed by atoms with Crippen molar-refractivity contribution in [3.63, 3.8) is 0 Å². The highest BCUT2D eigenvalue weighted by atomic mass is 32.2. The van der Waals surface area contributed by atoms with Gasteiger partial charge in [-0.25, -0.2) is 0 Å². The van der Waals surface area contributed by atoms with Gasteiger partial charge < -0.3 is 10.2 Å². The summed E-state index contributed by atoms with van der Waals surface area (Å²) in [4.78, 5) is 29.4. The van der Waals surface area contributed by atoms with Crippen molar-refractivity contribution < 1.29 is 9.59 Å². The third kappa shape index (κ3) is 5.10. The third-order valence-corrected chi connectivity index (χ3v) is 7.63. The van der Waals surface area contributed by atoms with Gasteiger partial charge in [-0.2, -0.15) is 0 Å². The first-order valence-electron chi connectivity index (χ1n) is 11.8. The highest BCUT2D eigenvalue weighted by molar-refractivity contribution is 8.04. The standard InChI is InChI=1S/C29H28N2O2S/c1-20-6-5-9-23(16-20)18-27-28(32)30-25-19-24(10-11-26(25)34-27)29(33)31-14-12-22(13-15-31)17-21-7-3-2-4-8-21/h2-11,16,18-19,22H,12-15,17H2,1H3,(H,30,32). The lowest BCUT2D eigenvalue weighted by Gasteiger charge is -2.32. The molecular weight excluding hydrogens is 440 g/mol. The second-order valence-electron chi connectivity index (χ2n) is 9.12. The average Bonchev–Trinajstić information content (AvgIpc) is 2.85. The van der Waals surface area contributed by atoms with Crippen LogP contribution in [0.3, 0.4) is 0 Å². The summed E-state index contributed by atoms with van der Waals surface area (Å²) in [5.41, 5.74) is 4.87. The molecule has 1 saturated heterocycles. The van der Waals surface area contributed by atoms with Crippen molar-refractivity contribution in [3.05, 3.63) is 100.0 Å². The molecule has 3 aromatic carbocycles. The minimum atomic E-state index is -0.134. The Labute approximate surface area is 205 Å². The largest absolute Gasteiger partial charge is 0.339 e. The zero-order valence-electron chi connectivity index (χ0n) is 19.3. The molecule has 5 heteroatoms. The quantitative estimate of drug-likeness (QED) is 0.466. The van der Waals surface area contributed by atoms with Crippen LogP contribution in [0.15, 0.2) is 82.6 Å². The molecule has 172 valence electrons. The Morgan fingerprint density at radius 2 is 1.82 bits per heavy atom. The van der Waals surface area contributed by atoms with Gasteiger partial charge in [0.25, 0.3) is 11.8 Å². The number of fused-ring (bicyclic) bond motifs is 1. The molecule has 0 saturated carbocycles. The summed E-state index contributed by atoms with van der Waals surface area (Å²) < 4.78 is 0. The Morgan fingerprint density at radius 3 is 2.59 bits per heavy atom. The van der Waals surface area contributed by atoms with Crippen molar-refractivity contribution >= 4 is 35.3 Å². The maximum atomic E-state index is 13.2. The van der Waals surface area contributed by atoms with Crippen molar-refractivity contribution in [2.24, 2.45) is 5.92 Å². The molecule has 2 aliphatic rings. The number of likely N-dealkylation sites (tertiary alicyclic amines) is 1. The number of hydrogen-bond donors (Lipinski definition) is 1. The monoisotopic (exact) mass is 468 g/mol. The van der Waals surface area contributed by atoms with Gasteiger partial charge in [0, 0.05) is 23.5 Å². The van der Waals surface area contributed by atoms with Crippen molar-refractivity contribution in [2.75, 3.05) is 18.4 Å². The summed E-state index contributed by atoms with van der Waals surface area (Å²) in [6, 6.07) is 24.3. The van der Waals surface area contributed by atoms with E-state index >= 15 is 0 Å². The molecule has 0 unspecified atom stereocenters. The Morgan fingerprint density at radius 1 is 1.03 bits per heavy atom. The molecule has 0 radical (unpaired) electrons. The summed E-state index contributed by atoms with van der Waals surface area (Å²) in [6.45, 7) is 3.59. The van der Waals surface area contributed by atoms with Gasteiger partial charge in [-0.1, -0.05) is 71.9 Å². The van der Waals surface area contributed by atoms with Crippen LogP contribution < -0.4 is 5.32 Å². The van der Waals surface area contributed by atoms with E-state index in [1.807, 2.05) is 60.4 Å². The maximum Gasteiger partial charge on any atom is 0.262 e. The number of benzene rings is 3. The van der Waals surface area contributed by atoms with Crippen LogP contribution in [-0.2, 0) is 11.2 Å². The lowest BCUT2D eigenvalue weighted by molar-refractivity contribution is -0.112. The van der Waals surface area contributed by atoms with E-state index in [1.165, 1.54) is 17.3 Å². The fourth-order valence-electron chi connectivity index (χ4n) is 4.67. The first-order chi connectivity index (χ1) is 16.5. The van der Waals surface area contributed by atoms with E-state index < -0.39 is 0 Å². The number of piperidine rings is 1. The fourth-order valence-corrected chi connectivity index (χ4v) is 5.61. The Bertz CT molecular complexity index is 1240. The molecule has 1 N–H and O–H groups in total. The number of anilines is 1. The second kappa shape index (κ2) is 9.90. The summed E-state index contributed by atoms with van der Waals surface area (Å²) in [5, 5.41) is 2.98. The highest BCUT2D eigenvalue weighted by Crippen LogP contribution is 2.39. The summed E-state index contributed by atoms with van der Waals surface area (Å²) in [5.74, 6) is 0.524. The van der Waals surface area contributed by atoms with Gasteiger partial charge in [0.15, 0.2) is 0 Å². The molecule has 2 aliphatic heterocycles. The Hall–Kier alpha value is -3.31. The van der Waals surface area contributed by atoms with Crippen LogP contribution >= 0.6 is 11.8 Å². The number of carbonyl (C=O) groups is 2. The topological polar surface area (TPSA) is 49.4 Å². The van der Waals surface area contributed by atoms with E-state index in [0.717, 1.165) is 48.4 Å². The van der Waals surface area contributed by atoms with E-state index in [1.54, 1.807) is 0 Å². The number of thioether (sulfide) groups is 1. The number of nitrogens with zero attached hydrogens (tertiary/aromatic N) is 1. The SMILES string of the molecule is Cc1cccc(C=C2Sc3ccc(C(=O)N4CCC(Cc5ccccc5)CC4)cc3NC2=O)c1. The maximum absolute atomic E-state index is 13.2. The molecule has 2 amide bonds. The molecular formula is C29H28N2O2S. The van der Waals surface area contributed by atoms with Gasteiger partial charge in [0.2, 0.25) is 0 Å². The minimum absolute atomic E-state index is 0.0429. The van der Waals surface area contributed by atoms with E-state index in [9.17, 15) is 9.59 Å². The van der Waals surface area contributed by atoms with Crippen LogP contribution in [0.25, 0.3) is 6.08 Å². The molecule has 5 rings (SSSR count). The molecule has 0 atom stereocenters. The molecule has 0 aromatic heterocycles. The molecule has 0 spiro atoms. The number of nitrogens with one attached hydrogen (secondary N) is 1.